The van der Waals surface area contributed by atoms with Gasteiger partial charge >= 0.3 is 0 Å². The molecule has 1 aromatic carbocycles. The maximum absolute atomic E-state index is 12.3. The van der Waals surface area contributed by atoms with Gasteiger partial charge in [-0.15, -0.1) is 0 Å². The fourth-order valence-electron chi connectivity index (χ4n) is 2.78. The lowest BCUT2D eigenvalue weighted by atomic mass is 10.1. The van der Waals surface area contributed by atoms with Crippen LogP contribution in [0.1, 0.15) is 26.3 Å². The summed E-state index contributed by atoms with van der Waals surface area (Å²) in [5.74, 6) is 0.872. The highest BCUT2D eigenvalue weighted by molar-refractivity contribution is 5.81. The highest BCUT2D eigenvalue weighted by atomic mass is 16.5. The van der Waals surface area contributed by atoms with Crippen LogP contribution in [0.5, 0.6) is 5.75 Å². The molecule has 0 aromatic heterocycles. The van der Waals surface area contributed by atoms with Crippen molar-refractivity contribution >= 4 is 5.91 Å². The van der Waals surface area contributed by atoms with Gasteiger partial charge in [0.1, 0.15) is 5.75 Å². The number of morpholine rings is 1. The molecule has 0 aliphatic carbocycles. The number of amides is 1. The van der Waals surface area contributed by atoms with Crippen LogP contribution in [0.2, 0.25) is 0 Å². The molecule has 1 saturated heterocycles. The van der Waals surface area contributed by atoms with Crippen LogP contribution in [0.25, 0.3) is 0 Å². The first-order valence-corrected chi connectivity index (χ1v) is 7.79. The van der Waals surface area contributed by atoms with Gasteiger partial charge in [-0.3, -0.25) is 9.69 Å². The zero-order valence-corrected chi connectivity index (χ0v) is 13.8. The summed E-state index contributed by atoms with van der Waals surface area (Å²) in [6, 6.07) is 7.57. The minimum absolute atomic E-state index is 0.0529. The van der Waals surface area contributed by atoms with Crippen molar-refractivity contribution in [3.8, 4) is 5.75 Å². The number of ether oxygens (including phenoxy) is 2. The molecule has 122 valence electrons. The van der Waals surface area contributed by atoms with Crippen molar-refractivity contribution in [3.05, 3.63) is 29.8 Å². The van der Waals surface area contributed by atoms with Crippen LogP contribution in [0.3, 0.4) is 0 Å². The Bertz CT molecular complexity index is 479. The molecule has 0 radical (unpaired) electrons. The van der Waals surface area contributed by atoms with Gasteiger partial charge in [0, 0.05) is 19.6 Å². The molecule has 22 heavy (non-hydrogen) atoms. The van der Waals surface area contributed by atoms with Crippen molar-refractivity contribution in [1.29, 1.82) is 0 Å². The van der Waals surface area contributed by atoms with Crippen molar-refractivity contribution in [2.75, 3.05) is 20.2 Å². The van der Waals surface area contributed by atoms with E-state index in [-0.39, 0.29) is 24.2 Å². The number of nitrogens with one attached hydrogen (secondary N) is 1. The number of hydrogen-bond acceptors (Lipinski definition) is 4. The summed E-state index contributed by atoms with van der Waals surface area (Å²) in [5, 5.41) is 3.00. The van der Waals surface area contributed by atoms with E-state index in [0.717, 1.165) is 24.4 Å². The molecule has 3 atom stereocenters. The number of carbonyl (C=O) groups excluding carboxylic acids is 1. The minimum Gasteiger partial charge on any atom is -0.497 e. The molecule has 1 amide bonds. The number of carbonyl (C=O) groups is 1. The van der Waals surface area contributed by atoms with E-state index < -0.39 is 0 Å². The van der Waals surface area contributed by atoms with Crippen LogP contribution in [-0.2, 0) is 16.1 Å². The third kappa shape index (κ3) is 4.45. The van der Waals surface area contributed by atoms with Crippen molar-refractivity contribution in [2.45, 2.75) is 45.6 Å². The number of hydrogen-bond donors (Lipinski definition) is 1. The molecule has 2 rings (SSSR count). The quantitative estimate of drug-likeness (QED) is 0.901. The molecule has 0 unspecified atom stereocenters. The predicted molar refractivity (Wildman–Crippen MR) is 85.9 cm³/mol. The van der Waals surface area contributed by atoms with Crippen LogP contribution >= 0.6 is 0 Å². The molecule has 0 saturated carbocycles. The summed E-state index contributed by atoms with van der Waals surface area (Å²) in [4.78, 5) is 14.5. The summed E-state index contributed by atoms with van der Waals surface area (Å²) in [7, 11) is 1.64. The van der Waals surface area contributed by atoms with Gasteiger partial charge < -0.3 is 14.8 Å². The summed E-state index contributed by atoms with van der Waals surface area (Å²) >= 11 is 0. The highest BCUT2D eigenvalue weighted by Crippen LogP contribution is 2.14. The van der Waals surface area contributed by atoms with Gasteiger partial charge in [-0.25, -0.2) is 0 Å². The Morgan fingerprint density at radius 3 is 2.45 bits per heavy atom. The summed E-state index contributed by atoms with van der Waals surface area (Å²) in [6.45, 7) is 8.16. The smallest absolute Gasteiger partial charge is 0.237 e. The lowest BCUT2D eigenvalue weighted by Crippen LogP contribution is -2.53. The summed E-state index contributed by atoms with van der Waals surface area (Å²) in [6.07, 6.45) is 0.334. The monoisotopic (exact) mass is 306 g/mol. The maximum Gasteiger partial charge on any atom is 0.237 e. The van der Waals surface area contributed by atoms with E-state index in [0.29, 0.717) is 6.54 Å². The molecule has 1 aliphatic heterocycles. The van der Waals surface area contributed by atoms with E-state index in [9.17, 15) is 4.79 Å². The molecule has 1 N–H and O–H groups in total. The van der Waals surface area contributed by atoms with E-state index >= 15 is 0 Å². The lowest BCUT2D eigenvalue weighted by molar-refractivity contribution is -0.131. The molecule has 1 aromatic rings. The number of methoxy groups -OCH3 is 1. The number of nitrogens with zero attached hydrogens (tertiary/aromatic N) is 1. The lowest BCUT2D eigenvalue weighted by Gasteiger charge is -2.38. The normalized spacial score (nSPS) is 23.8. The van der Waals surface area contributed by atoms with E-state index in [1.54, 1.807) is 7.11 Å². The van der Waals surface area contributed by atoms with Crippen LogP contribution in [0, 0.1) is 0 Å². The largest absolute Gasteiger partial charge is 0.497 e. The second kappa shape index (κ2) is 7.61. The number of rotatable bonds is 5. The molecular formula is C17H26N2O3. The van der Waals surface area contributed by atoms with Crippen molar-refractivity contribution < 1.29 is 14.3 Å². The first-order valence-electron chi connectivity index (χ1n) is 7.79. The van der Waals surface area contributed by atoms with Crippen molar-refractivity contribution in [1.82, 2.24) is 10.2 Å². The minimum atomic E-state index is -0.146. The van der Waals surface area contributed by atoms with Crippen LogP contribution in [0.15, 0.2) is 24.3 Å². The van der Waals surface area contributed by atoms with Crippen LogP contribution in [-0.4, -0.2) is 49.3 Å². The third-order valence-electron chi connectivity index (χ3n) is 4.00. The number of benzene rings is 1. The van der Waals surface area contributed by atoms with Gasteiger partial charge in [0.2, 0.25) is 5.91 Å². The average molecular weight is 306 g/mol. The van der Waals surface area contributed by atoms with Crippen molar-refractivity contribution in [3.63, 3.8) is 0 Å². The van der Waals surface area contributed by atoms with E-state index in [1.807, 2.05) is 45.0 Å². The standard InChI is InChI=1S/C17H26N2O3/c1-12-10-19(11-13(2)22-12)14(3)17(20)18-9-15-5-7-16(21-4)8-6-15/h5-8,12-14H,9-11H2,1-4H3,(H,18,20)/t12-,13+,14-/m1/s1. The predicted octanol–water partition coefficient (Wildman–Crippen LogP) is 1.81. The topological polar surface area (TPSA) is 50.8 Å². The zero-order valence-electron chi connectivity index (χ0n) is 13.8. The first-order chi connectivity index (χ1) is 10.5. The Morgan fingerprint density at radius 2 is 1.91 bits per heavy atom. The van der Waals surface area contributed by atoms with Gasteiger partial charge in [-0.2, -0.15) is 0 Å². The fourth-order valence-corrected chi connectivity index (χ4v) is 2.78. The maximum atomic E-state index is 12.3. The SMILES string of the molecule is COc1ccc(CNC(=O)[C@@H](C)N2C[C@@H](C)O[C@@H](C)C2)cc1. The summed E-state index contributed by atoms with van der Waals surface area (Å²) in [5.41, 5.74) is 1.06. The van der Waals surface area contributed by atoms with Crippen LogP contribution < -0.4 is 10.1 Å². The Balaban J connectivity index is 1.85. The molecule has 0 bridgehead atoms. The van der Waals surface area contributed by atoms with Gasteiger partial charge in [0.05, 0.1) is 25.4 Å². The molecular weight excluding hydrogens is 280 g/mol. The summed E-state index contributed by atoms with van der Waals surface area (Å²) < 4.78 is 10.8. The second-order valence-electron chi connectivity index (χ2n) is 5.95. The van der Waals surface area contributed by atoms with Gasteiger partial charge in [0.15, 0.2) is 0 Å². The zero-order chi connectivity index (χ0) is 16.1. The Morgan fingerprint density at radius 1 is 1.32 bits per heavy atom. The Kier molecular flexibility index (Phi) is 5.80. The molecule has 1 heterocycles. The van der Waals surface area contributed by atoms with E-state index in [2.05, 4.69) is 10.2 Å². The van der Waals surface area contributed by atoms with E-state index in [4.69, 9.17) is 9.47 Å². The van der Waals surface area contributed by atoms with Gasteiger partial charge in [0.25, 0.3) is 0 Å². The van der Waals surface area contributed by atoms with Crippen LogP contribution in [0.4, 0.5) is 0 Å². The molecule has 0 spiro atoms. The van der Waals surface area contributed by atoms with Crippen molar-refractivity contribution in [2.24, 2.45) is 0 Å². The Hall–Kier alpha value is -1.59. The first kappa shape index (κ1) is 16.8. The molecule has 5 nitrogen and oxygen atoms in total. The highest BCUT2D eigenvalue weighted by Gasteiger charge is 2.29. The third-order valence-corrected chi connectivity index (χ3v) is 4.00. The second-order valence-corrected chi connectivity index (χ2v) is 5.95. The molecule has 5 heteroatoms. The fraction of sp³-hybridized carbons (Fsp3) is 0.588. The molecule has 1 fully saturated rings. The average Bonchev–Trinajstić information content (AvgIpc) is 2.51. The van der Waals surface area contributed by atoms with E-state index in [1.165, 1.54) is 0 Å². The van der Waals surface area contributed by atoms with Gasteiger partial charge in [-0.1, -0.05) is 12.1 Å². The van der Waals surface area contributed by atoms with Gasteiger partial charge in [-0.05, 0) is 38.5 Å². The Labute approximate surface area is 132 Å². The molecule has 1 aliphatic rings.